The Morgan fingerprint density at radius 1 is 1.53 bits per heavy atom. The summed E-state index contributed by atoms with van der Waals surface area (Å²) in [6.45, 7) is 2.48. The van der Waals surface area contributed by atoms with Gasteiger partial charge in [-0.3, -0.25) is 10.1 Å². The molecule has 2 aromatic rings. The molecule has 4 nitrogen and oxygen atoms in total. The molecule has 0 aliphatic rings. The van der Waals surface area contributed by atoms with Crippen molar-refractivity contribution in [2.45, 2.75) is 32.4 Å². The Balaban J connectivity index is 1.95. The van der Waals surface area contributed by atoms with Crippen LogP contribution in [0.2, 0.25) is 0 Å². The highest BCUT2D eigenvalue weighted by molar-refractivity contribution is 7.14. The molecule has 0 aliphatic carbocycles. The molecule has 0 aromatic carbocycles. The van der Waals surface area contributed by atoms with Gasteiger partial charge < -0.3 is 5.11 Å². The second-order valence-corrected chi connectivity index (χ2v) is 5.85. The molecular weight excluding hydrogens is 280 g/mol. The molecule has 1 unspecified atom stereocenters. The molecule has 0 fully saturated rings. The lowest BCUT2D eigenvalue weighted by atomic mass is 10.1. The van der Waals surface area contributed by atoms with Gasteiger partial charge in [0, 0.05) is 22.9 Å². The molecule has 0 saturated carbocycles. The number of carboxylic acids is 1. The summed E-state index contributed by atoms with van der Waals surface area (Å²) < 4.78 is 0. The minimum atomic E-state index is -0.796. The molecule has 0 aliphatic heterocycles. The van der Waals surface area contributed by atoms with Crippen LogP contribution < -0.4 is 5.32 Å². The molecule has 1 atom stereocenters. The first-order valence-corrected chi connectivity index (χ1v) is 7.96. The van der Waals surface area contributed by atoms with E-state index in [2.05, 4.69) is 15.7 Å². The highest BCUT2D eigenvalue weighted by atomic mass is 32.1. The number of hydrogen-bond donors (Lipinski definition) is 2. The third-order valence-corrected chi connectivity index (χ3v) is 4.35. The van der Waals surface area contributed by atoms with Crippen molar-refractivity contribution in [3.63, 3.8) is 0 Å². The van der Waals surface area contributed by atoms with E-state index in [9.17, 15) is 4.79 Å². The maximum atomic E-state index is 11.0. The lowest BCUT2D eigenvalue weighted by molar-refractivity contribution is -0.139. The molecular formula is C13H16N2O2S2. The number of hydrogen-bond acceptors (Lipinski definition) is 5. The number of thiazole rings is 1. The molecule has 2 rings (SSSR count). The van der Waals surface area contributed by atoms with Crippen LogP contribution in [-0.4, -0.2) is 22.1 Å². The maximum absolute atomic E-state index is 11.0. The highest BCUT2D eigenvalue weighted by Gasteiger charge is 2.15. The third-order valence-electron chi connectivity index (χ3n) is 2.72. The van der Waals surface area contributed by atoms with Gasteiger partial charge in [0.1, 0.15) is 11.0 Å². The monoisotopic (exact) mass is 296 g/mol. The van der Waals surface area contributed by atoms with Crippen LogP contribution in [0.3, 0.4) is 0 Å². The number of nitrogens with zero attached hydrogens (tertiary/aromatic N) is 1. The summed E-state index contributed by atoms with van der Waals surface area (Å²) in [5, 5.41) is 19.2. The lowest BCUT2D eigenvalue weighted by Crippen LogP contribution is -2.36. The summed E-state index contributed by atoms with van der Waals surface area (Å²) in [4.78, 5) is 15.5. The standard InChI is InChI=1S/C13H16N2O2S2/c1-2-3-11(13(16)17)14-6-10-8-19-12(15-10)9-4-5-18-7-9/h4-5,7-8,11,14H,2-3,6H2,1H3,(H,16,17). The number of thiophene rings is 1. The van der Waals surface area contributed by atoms with Crippen molar-refractivity contribution in [2.24, 2.45) is 0 Å². The number of aliphatic carboxylic acids is 1. The quantitative estimate of drug-likeness (QED) is 0.823. The Hall–Kier alpha value is -1.24. The van der Waals surface area contributed by atoms with Gasteiger partial charge >= 0.3 is 5.97 Å². The average molecular weight is 296 g/mol. The lowest BCUT2D eigenvalue weighted by Gasteiger charge is -2.11. The SMILES string of the molecule is CCCC(NCc1csc(-c2ccsc2)n1)C(=O)O. The zero-order chi connectivity index (χ0) is 13.7. The number of rotatable bonds is 7. The minimum absolute atomic E-state index is 0.490. The van der Waals surface area contributed by atoms with Gasteiger partial charge in [0.25, 0.3) is 0 Å². The Bertz CT molecular complexity index is 522. The summed E-state index contributed by atoms with van der Waals surface area (Å²) in [5.74, 6) is -0.796. The van der Waals surface area contributed by atoms with E-state index >= 15 is 0 Å². The predicted octanol–water partition coefficient (Wildman–Crippen LogP) is 3.21. The molecule has 19 heavy (non-hydrogen) atoms. The Morgan fingerprint density at radius 3 is 3.00 bits per heavy atom. The fraction of sp³-hybridized carbons (Fsp3) is 0.385. The van der Waals surface area contributed by atoms with E-state index in [-0.39, 0.29) is 0 Å². The Labute approximate surface area is 120 Å². The topological polar surface area (TPSA) is 62.2 Å². The van der Waals surface area contributed by atoms with Gasteiger partial charge in [-0.2, -0.15) is 11.3 Å². The zero-order valence-corrected chi connectivity index (χ0v) is 12.3. The van der Waals surface area contributed by atoms with Crippen molar-refractivity contribution in [1.82, 2.24) is 10.3 Å². The molecule has 0 radical (unpaired) electrons. The fourth-order valence-electron chi connectivity index (χ4n) is 1.74. The van der Waals surface area contributed by atoms with Crippen molar-refractivity contribution in [2.75, 3.05) is 0 Å². The van der Waals surface area contributed by atoms with E-state index in [1.54, 1.807) is 22.7 Å². The molecule has 102 valence electrons. The van der Waals surface area contributed by atoms with Crippen LogP contribution in [-0.2, 0) is 11.3 Å². The van der Waals surface area contributed by atoms with Crippen molar-refractivity contribution in [3.8, 4) is 10.6 Å². The summed E-state index contributed by atoms with van der Waals surface area (Å²) >= 11 is 3.23. The second kappa shape index (κ2) is 6.79. The van der Waals surface area contributed by atoms with Crippen LogP contribution in [0.25, 0.3) is 10.6 Å². The maximum Gasteiger partial charge on any atom is 0.320 e. The van der Waals surface area contributed by atoms with E-state index in [1.807, 2.05) is 23.8 Å². The van der Waals surface area contributed by atoms with E-state index in [0.29, 0.717) is 13.0 Å². The Morgan fingerprint density at radius 2 is 2.37 bits per heavy atom. The molecule has 0 amide bonds. The molecule has 2 aromatic heterocycles. The van der Waals surface area contributed by atoms with Crippen LogP contribution in [0.4, 0.5) is 0 Å². The van der Waals surface area contributed by atoms with E-state index in [4.69, 9.17) is 5.11 Å². The van der Waals surface area contributed by atoms with Gasteiger partial charge in [0.2, 0.25) is 0 Å². The van der Waals surface area contributed by atoms with Gasteiger partial charge in [-0.1, -0.05) is 13.3 Å². The van der Waals surface area contributed by atoms with E-state index in [0.717, 1.165) is 22.7 Å². The van der Waals surface area contributed by atoms with Crippen LogP contribution in [0.1, 0.15) is 25.5 Å². The molecule has 0 spiro atoms. The van der Waals surface area contributed by atoms with Gasteiger partial charge in [-0.05, 0) is 17.9 Å². The first-order chi connectivity index (χ1) is 9.20. The van der Waals surface area contributed by atoms with E-state index < -0.39 is 12.0 Å². The normalized spacial score (nSPS) is 12.5. The fourth-order valence-corrected chi connectivity index (χ4v) is 3.27. The van der Waals surface area contributed by atoms with E-state index in [1.165, 1.54) is 0 Å². The van der Waals surface area contributed by atoms with Crippen molar-refractivity contribution < 1.29 is 9.90 Å². The van der Waals surface area contributed by atoms with Crippen LogP contribution in [0, 0.1) is 0 Å². The minimum Gasteiger partial charge on any atom is -0.480 e. The van der Waals surface area contributed by atoms with Gasteiger partial charge in [0.05, 0.1) is 5.69 Å². The van der Waals surface area contributed by atoms with Gasteiger partial charge in [-0.25, -0.2) is 4.98 Å². The molecule has 0 bridgehead atoms. The first-order valence-electron chi connectivity index (χ1n) is 6.14. The zero-order valence-electron chi connectivity index (χ0n) is 10.6. The molecule has 2 heterocycles. The first kappa shape index (κ1) is 14.2. The van der Waals surface area contributed by atoms with Crippen LogP contribution in [0.15, 0.2) is 22.2 Å². The third kappa shape index (κ3) is 3.86. The van der Waals surface area contributed by atoms with Crippen molar-refractivity contribution >= 4 is 28.6 Å². The van der Waals surface area contributed by atoms with Crippen molar-refractivity contribution in [3.05, 3.63) is 27.9 Å². The average Bonchev–Trinajstić information content (AvgIpc) is 3.04. The number of carboxylic acid groups (broad SMARTS) is 1. The molecule has 6 heteroatoms. The van der Waals surface area contributed by atoms with Gasteiger partial charge in [0.15, 0.2) is 0 Å². The summed E-state index contributed by atoms with van der Waals surface area (Å²) in [6, 6.07) is 1.55. The molecule has 2 N–H and O–H groups in total. The molecule has 0 saturated heterocycles. The van der Waals surface area contributed by atoms with Crippen molar-refractivity contribution in [1.29, 1.82) is 0 Å². The second-order valence-electron chi connectivity index (χ2n) is 4.22. The van der Waals surface area contributed by atoms with Crippen LogP contribution >= 0.6 is 22.7 Å². The highest BCUT2D eigenvalue weighted by Crippen LogP contribution is 2.25. The smallest absolute Gasteiger partial charge is 0.320 e. The number of aromatic nitrogens is 1. The number of nitrogens with one attached hydrogen (secondary N) is 1. The summed E-state index contributed by atoms with van der Waals surface area (Å²) in [7, 11) is 0. The Kier molecular flexibility index (Phi) is 5.07. The summed E-state index contributed by atoms with van der Waals surface area (Å²) in [6.07, 6.45) is 1.48. The van der Waals surface area contributed by atoms with Crippen LogP contribution in [0.5, 0.6) is 0 Å². The predicted molar refractivity (Wildman–Crippen MR) is 78.6 cm³/mol. The summed E-state index contributed by atoms with van der Waals surface area (Å²) in [5.41, 5.74) is 2.03. The van der Waals surface area contributed by atoms with Gasteiger partial charge in [-0.15, -0.1) is 11.3 Å². The largest absolute Gasteiger partial charge is 0.480 e. The number of carbonyl (C=O) groups is 1.